The van der Waals surface area contributed by atoms with Gasteiger partial charge in [-0.25, -0.2) is 8.42 Å². The molecule has 126 valence electrons. The molecule has 2 saturated heterocycles. The zero-order chi connectivity index (χ0) is 16.9. The number of halogens is 1. The topological polar surface area (TPSA) is 53.5 Å². The van der Waals surface area contributed by atoms with Gasteiger partial charge in [0.05, 0.1) is 9.92 Å². The van der Waals surface area contributed by atoms with Crippen molar-refractivity contribution < 1.29 is 8.42 Å². The number of aromatic nitrogens is 1. The zero-order valence-corrected chi connectivity index (χ0v) is 14.9. The van der Waals surface area contributed by atoms with Crippen molar-refractivity contribution in [2.45, 2.75) is 4.90 Å². The Bertz CT molecular complexity index is 886. The van der Waals surface area contributed by atoms with Crippen molar-refractivity contribution in [2.24, 2.45) is 5.41 Å². The molecule has 5 nitrogen and oxygen atoms in total. The fourth-order valence-corrected chi connectivity index (χ4v) is 5.85. The van der Waals surface area contributed by atoms with Gasteiger partial charge in [0.2, 0.25) is 10.0 Å². The lowest BCUT2D eigenvalue weighted by Gasteiger charge is -2.58. The smallest absolute Gasteiger partial charge is 0.243 e. The average molecular weight is 364 g/mol. The normalized spacial score (nSPS) is 20.6. The Morgan fingerprint density at radius 3 is 2.50 bits per heavy atom. The molecular formula is C17H18ClN3O2S. The maximum Gasteiger partial charge on any atom is 0.243 e. The van der Waals surface area contributed by atoms with Crippen LogP contribution in [0.25, 0.3) is 11.1 Å². The van der Waals surface area contributed by atoms with Gasteiger partial charge in [-0.2, -0.15) is 4.31 Å². The summed E-state index contributed by atoms with van der Waals surface area (Å²) in [5, 5.41) is 0.486. The number of likely N-dealkylation sites (tertiary alicyclic amines) is 1. The molecule has 2 fully saturated rings. The van der Waals surface area contributed by atoms with Crippen LogP contribution in [0, 0.1) is 5.41 Å². The molecule has 24 heavy (non-hydrogen) atoms. The molecule has 0 N–H and O–H groups in total. The summed E-state index contributed by atoms with van der Waals surface area (Å²) in [6.45, 7) is 3.14. The van der Waals surface area contributed by atoms with Crippen LogP contribution < -0.4 is 0 Å². The minimum atomic E-state index is -3.51. The lowest BCUT2D eigenvalue weighted by atomic mass is 9.75. The third kappa shape index (κ3) is 2.54. The maximum atomic E-state index is 13.1. The fraction of sp³-hybridized carbons (Fsp3) is 0.353. The Kier molecular flexibility index (Phi) is 3.69. The summed E-state index contributed by atoms with van der Waals surface area (Å²) in [4.78, 5) is 6.60. The van der Waals surface area contributed by atoms with Crippen molar-refractivity contribution in [3.8, 4) is 11.1 Å². The van der Waals surface area contributed by atoms with E-state index in [9.17, 15) is 8.42 Å². The molecule has 0 atom stereocenters. The molecule has 0 unspecified atom stereocenters. The number of rotatable bonds is 3. The van der Waals surface area contributed by atoms with Crippen LogP contribution in [0.1, 0.15) is 0 Å². The van der Waals surface area contributed by atoms with Gasteiger partial charge in [-0.3, -0.25) is 4.98 Å². The number of pyridine rings is 1. The van der Waals surface area contributed by atoms with Crippen LogP contribution in [-0.2, 0) is 10.0 Å². The monoisotopic (exact) mass is 363 g/mol. The van der Waals surface area contributed by atoms with Crippen molar-refractivity contribution in [1.82, 2.24) is 14.2 Å². The van der Waals surface area contributed by atoms with Gasteiger partial charge in [0.25, 0.3) is 0 Å². The van der Waals surface area contributed by atoms with Gasteiger partial charge in [0.15, 0.2) is 0 Å². The van der Waals surface area contributed by atoms with Crippen LogP contribution in [0.2, 0.25) is 5.02 Å². The number of nitrogens with zero attached hydrogens (tertiary/aromatic N) is 3. The largest absolute Gasteiger partial charge is 0.305 e. The predicted molar refractivity (Wildman–Crippen MR) is 93.4 cm³/mol. The van der Waals surface area contributed by atoms with Crippen LogP contribution in [0.15, 0.2) is 47.6 Å². The third-order valence-corrected chi connectivity index (χ3v) is 6.81. The number of hydrogen-bond acceptors (Lipinski definition) is 4. The first-order valence-corrected chi connectivity index (χ1v) is 9.60. The molecule has 0 saturated carbocycles. The van der Waals surface area contributed by atoms with E-state index in [0.29, 0.717) is 34.1 Å². The molecule has 2 aromatic rings. The first-order chi connectivity index (χ1) is 11.4. The zero-order valence-electron chi connectivity index (χ0n) is 13.3. The van der Waals surface area contributed by atoms with Crippen molar-refractivity contribution >= 4 is 21.6 Å². The maximum absolute atomic E-state index is 13.1. The van der Waals surface area contributed by atoms with E-state index >= 15 is 0 Å². The van der Waals surface area contributed by atoms with Crippen LogP contribution in [0.5, 0.6) is 0 Å². The summed E-state index contributed by atoms with van der Waals surface area (Å²) in [7, 11) is -1.46. The van der Waals surface area contributed by atoms with E-state index in [4.69, 9.17) is 11.6 Å². The van der Waals surface area contributed by atoms with Gasteiger partial charge >= 0.3 is 0 Å². The van der Waals surface area contributed by atoms with Crippen LogP contribution in [0.3, 0.4) is 0 Å². The molecule has 1 aromatic carbocycles. The fourth-order valence-electron chi connectivity index (χ4n) is 3.80. The first-order valence-electron chi connectivity index (χ1n) is 7.78. The summed E-state index contributed by atoms with van der Waals surface area (Å²) in [6, 6.07) is 8.77. The van der Waals surface area contributed by atoms with E-state index in [-0.39, 0.29) is 5.41 Å². The Labute approximate surface area is 146 Å². The second-order valence-electron chi connectivity index (χ2n) is 6.83. The van der Waals surface area contributed by atoms with Crippen molar-refractivity contribution in [3.05, 3.63) is 47.7 Å². The lowest BCUT2D eigenvalue weighted by molar-refractivity contribution is -0.0672. The van der Waals surface area contributed by atoms with E-state index in [1.165, 1.54) is 6.20 Å². The van der Waals surface area contributed by atoms with Crippen molar-refractivity contribution in [1.29, 1.82) is 0 Å². The Balaban J connectivity index is 1.67. The molecule has 4 rings (SSSR count). The van der Waals surface area contributed by atoms with Gasteiger partial charge in [-0.05, 0) is 19.2 Å². The molecular weight excluding hydrogens is 346 g/mol. The van der Waals surface area contributed by atoms with Crippen LogP contribution >= 0.6 is 11.6 Å². The van der Waals surface area contributed by atoms with E-state index in [2.05, 4.69) is 16.9 Å². The SMILES string of the molecule is CN1CC2(C1)CN(S(=O)(=O)c1ccccc1-c1cncc(Cl)c1)C2. The number of hydrogen-bond donors (Lipinski definition) is 0. The van der Waals surface area contributed by atoms with Crippen LogP contribution in [-0.4, -0.2) is 55.8 Å². The average Bonchev–Trinajstić information content (AvgIpc) is 2.49. The third-order valence-electron chi connectivity index (χ3n) is 4.75. The molecule has 1 aromatic heterocycles. The molecule has 0 bridgehead atoms. The minimum absolute atomic E-state index is 0.161. The lowest BCUT2D eigenvalue weighted by Crippen LogP contribution is -2.71. The van der Waals surface area contributed by atoms with Crippen molar-refractivity contribution in [2.75, 3.05) is 33.2 Å². The molecule has 1 spiro atoms. The highest BCUT2D eigenvalue weighted by Crippen LogP contribution is 2.42. The number of sulfonamides is 1. The second kappa shape index (κ2) is 5.52. The quantitative estimate of drug-likeness (QED) is 0.840. The summed E-state index contributed by atoms with van der Waals surface area (Å²) < 4.78 is 27.7. The second-order valence-corrected chi connectivity index (χ2v) is 9.18. The molecule has 0 aliphatic carbocycles. The Morgan fingerprint density at radius 1 is 1.12 bits per heavy atom. The molecule has 0 radical (unpaired) electrons. The molecule has 2 aliphatic heterocycles. The summed E-state index contributed by atoms with van der Waals surface area (Å²) in [5.74, 6) is 0. The van der Waals surface area contributed by atoms with Gasteiger partial charge in [-0.15, -0.1) is 0 Å². The highest BCUT2D eigenvalue weighted by atomic mass is 35.5. The van der Waals surface area contributed by atoms with E-state index in [0.717, 1.165) is 13.1 Å². The van der Waals surface area contributed by atoms with Gasteiger partial charge in [0, 0.05) is 55.1 Å². The Hall–Kier alpha value is -1.47. The van der Waals surface area contributed by atoms with Gasteiger partial charge in [-0.1, -0.05) is 29.8 Å². The highest BCUT2D eigenvalue weighted by Gasteiger charge is 2.54. The standard InChI is InChI=1S/C17H18ClN3O2S/c1-20-9-17(10-20)11-21(12-17)24(22,23)16-5-3-2-4-15(16)13-6-14(18)8-19-7-13/h2-8H,9-12H2,1H3. The minimum Gasteiger partial charge on any atom is -0.305 e. The molecule has 2 aliphatic rings. The van der Waals surface area contributed by atoms with Crippen LogP contribution in [0.4, 0.5) is 0 Å². The highest BCUT2D eigenvalue weighted by molar-refractivity contribution is 7.89. The first kappa shape index (κ1) is 16.0. The Morgan fingerprint density at radius 2 is 1.83 bits per heavy atom. The number of benzene rings is 1. The van der Waals surface area contributed by atoms with Crippen molar-refractivity contribution in [3.63, 3.8) is 0 Å². The molecule has 0 amide bonds. The van der Waals surface area contributed by atoms with E-state index in [1.54, 1.807) is 34.8 Å². The van der Waals surface area contributed by atoms with Gasteiger partial charge < -0.3 is 4.90 Å². The van der Waals surface area contributed by atoms with E-state index in [1.807, 2.05) is 6.07 Å². The molecule has 3 heterocycles. The summed E-state index contributed by atoms with van der Waals surface area (Å²) in [5.41, 5.74) is 1.51. The van der Waals surface area contributed by atoms with E-state index < -0.39 is 10.0 Å². The summed E-state index contributed by atoms with van der Waals surface area (Å²) >= 11 is 6.01. The summed E-state index contributed by atoms with van der Waals surface area (Å²) in [6.07, 6.45) is 3.17. The predicted octanol–water partition coefficient (Wildman–Crippen LogP) is 2.34. The molecule has 7 heteroatoms. The van der Waals surface area contributed by atoms with Gasteiger partial charge in [0.1, 0.15) is 0 Å².